The summed E-state index contributed by atoms with van der Waals surface area (Å²) < 4.78 is 5.42. The molecule has 1 saturated heterocycles. The number of likely N-dealkylation sites (N-methyl/N-ethyl adjacent to an activating group) is 1. The second-order valence-electron chi connectivity index (χ2n) is 8.11. The van der Waals surface area contributed by atoms with Crippen LogP contribution >= 0.6 is 0 Å². The summed E-state index contributed by atoms with van der Waals surface area (Å²) in [4.78, 5) is 42.5. The van der Waals surface area contributed by atoms with Gasteiger partial charge in [0.05, 0.1) is 5.69 Å². The number of hydrogen-bond acceptors (Lipinski definition) is 4. The molecular formula is C20H27N3O4. The number of hydrogen-bond donors (Lipinski definition) is 0. The minimum atomic E-state index is -0.422. The van der Waals surface area contributed by atoms with Crippen LogP contribution in [0.15, 0.2) is 18.2 Å². The largest absolute Gasteiger partial charge is 0.482 e. The van der Waals surface area contributed by atoms with Gasteiger partial charge in [0, 0.05) is 44.2 Å². The zero-order valence-electron chi connectivity index (χ0n) is 16.4. The Labute approximate surface area is 159 Å². The molecule has 0 spiro atoms. The van der Waals surface area contributed by atoms with Gasteiger partial charge in [0.2, 0.25) is 5.91 Å². The molecule has 1 aromatic rings. The molecule has 2 aliphatic rings. The van der Waals surface area contributed by atoms with Crippen molar-refractivity contribution in [3.05, 3.63) is 23.8 Å². The lowest BCUT2D eigenvalue weighted by atomic mass is 9.94. The monoisotopic (exact) mass is 373 g/mol. The fraction of sp³-hybridized carbons (Fsp3) is 0.550. The maximum absolute atomic E-state index is 13.0. The Morgan fingerprint density at radius 2 is 1.70 bits per heavy atom. The number of ether oxygens (including phenoxy) is 1. The SMILES string of the molecule is CN1C(=O)COc2ccc(C(=O)N3CCCN(C(=O)C(C)(C)C)CC3)cc21. The second kappa shape index (κ2) is 7.21. The maximum atomic E-state index is 13.0. The number of anilines is 1. The fourth-order valence-corrected chi connectivity index (χ4v) is 3.39. The van der Waals surface area contributed by atoms with Crippen molar-refractivity contribution in [1.82, 2.24) is 9.80 Å². The van der Waals surface area contributed by atoms with Gasteiger partial charge in [-0.1, -0.05) is 20.8 Å². The molecule has 7 heteroatoms. The predicted molar refractivity (Wildman–Crippen MR) is 102 cm³/mol. The van der Waals surface area contributed by atoms with Gasteiger partial charge >= 0.3 is 0 Å². The number of nitrogens with zero attached hydrogens (tertiary/aromatic N) is 3. The number of carbonyl (C=O) groups is 3. The van der Waals surface area contributed by atoms with Gasteiger partial charge in [-0.25, -0.2) is 0 Å². The Balaban J connectivity index is 1.73. The highest BCUT2D eigenvalue weighted by molar-refractivity contribution is 6.01. The van der Waals surface area contributed by atoms with E-state index in [9.17, 15) is 14.4 Å². The summed E-state index contributed by atoms with van der Waals surface area (Å²) in [5, 5.41) is 0. The quantitative estimate of drug-likeness (QED) is 0.752. The Hall–Kier alpha value is -2.57. The van der Waals surface area contributed by atoms with Crippen molar-refractivity contribution < 1.29 is 19.1 Å². The summed E-state index contributed by atoms with van der Waals surface area (Å²) >= 11 is 0. The topological polar surface area (TPSA) is 70.2 Å². The number of amides is 3. The molecular weight excluding hydrogens is 346 g/mol. The van der Waals surface area contributed by atoms with Gasteiger partial charge < -0.3 is 19.4 Å². The molecule has 3 amide bonds. The molecule has 0 bridgehead atoms. The molecule has 7 nitrogen and oxygen atoms in total. The second-order valence-corrected chi connectivity index (χ2v) is 8.11. The van der Waals surface area contributed by atoms with Crippen LogP contribution in [0.4, 0.5) is 5.69 Å². The summed E-state index contributed by atoms with van der Waals surface area (Å²) in [7, 11) is 1.68. The van der Waals surface area contributed by atoms with Gasteiger partial charge in [0.1, 0.15) is 5.75 Å². The van der Waals surface area contributed by atoms with Gasteiger partial charge in [-0.05, 0) is 24.6 Å². The van der Waals surface area contributed by atoms with Crippen LogP contribution in [0, 0.1) is 5.41 Å². The van der Waals surface area contributed by atoms with Crippen LogP contribution in [0.25, 0.3) is 0 Å². The average molecular weight is 373 g/mol. The molecule has 146 valence electrons. The van der Waals surface area contributed by atoms with Crippen molar-refractivity contribution in [3.8, 4) is 5.75 Å². The van der Waals surface area contributed by atoms with Crippen molar-refractivity contribution in [2.75, 3.05) is 44.7 Å². The number of carbonyl (C=O) groups excluding carboxylic acids is 3. The first kappa shape index (κ1) is 19.2. The van der Waals surface area contributed by atoms with E-state index in [1.54, 1.807) is 30.1 Å². The van der Waals surface area contributed by atoms with E-state index in [1.807, 2.05) is 25.7 Å². The zero-order chi connectivity index (χ0) is 19.8. The van der Waals surface area contributed by atoms with Gasteiger partial charge in [0.15, 0.2) is 6.61 Å². The number of fused-ring (bicyclic) bond motifs is 1. The van der Waals surface area contributed by atoms with Gasteiger partial charge in [-0.15, -0.1) is 0 Å². The van der Waals surface area contributed by atoms with E-state index < -0.39 is 5.41 Å². The Morgan fingerprint density at radius 3 is 2.41 bits per heavy atom. The molecule has 1 fully saturated rings. The highest BCUT2D eigenvalue weighted by Crippen LogP contribution is 2.32. The molecule has 0 radical (unpaired) electrons. The first-order valence-electron chi connectivity index (χ1n) is 9.30. The molecule has 2 heterocycles. The van der Waals surface area contributed by atoms with Crippen LogP contribution in [-0.2, 0) is 9.59 Å². The lowest BCUT2D eigenvalue weighted by molar-refractivity contribution is -0.139. The van der Waals surface area contributed by atoms with E-state index in [2.05, 4.69) is 0 Å². The van der Waals surface area contributed by atoms with Crippen molar-refractivity contribution in [2.24, 2.45) is 5.41 Å². The number of benzene rings is 1. The molecule has 0 aromatic heterocycles. The van der Waals surface area contributed by atoms with Crippen molar-refractivity contribution in [3.63, 3.8) is 0 Å². The molecule has 0 atom stereocenters. The number of rotatable bonds is 1. The van der Waals surface area contributed by atoms with E-state index in [0.717, 1.165) is 6.42 Å². The van der Waals surface area contributed by atoms with Crippen molar-refractivity contribution in [1.29, 1.82) is 0 Å². The lowest BCUT2D eigenvalue weighted by Gasteiger charge is -2.29. The first-order chi connectivity index (χ1) is 12.7. The third-order valence-corrected chi connectivity index (χ3v) is 5.00. The third-order valence-electron chi connectivity index (χ3n) is 5.00. The summed E-state index contributed by atoms with van der Waals surface area (Å²) in [5.41, 5.74) is 0.709. The van der Waals surface area contributed by atoms with Crippen LogP contribution in [0.3, 0.4) is 0 Å². The van der Waals surface area contributed by atoms with E-state index in [1.165, 1.54) is 4.90 Å². The Morgan fingerprint density at radius 1 is 1.04 bits per heavy atom. The summed E-state index contributed by atoms with van der Waals surface area (Å²) in [5.74, 6) is 0.488. The Bertz CT molecular complexity index is 769. The normalized spacial score (nSPS) is 17.9. The first-order valence-corrected chi connectivity index (χ1v) is 9.30. The van der Waals surface area contributed by atoms with Crippen LogP contribution in [0.2, 0.25) is 0 Å². The lowest BCUT2D eigenvalue weighted by Crippen LogP contribution is -2.42. The molecule has 0 unspecified atom stereocenters. The minimum absolute atomic E-state index is 0.0144. The Kier molecular flexibility index (Phi) is 5.13. The molecule has 0 saturated carbocycles. The smallest absolute Gasteiger partial charge is 0.264 e. The molecule has 27 heavy (non-hydrogen) atoms. The predicted octanol–water partition coefficient (Wildman–Crippen LogP) is 1.76. The summed E-state index contributed by atoms with van der Waals surface area (Å²) in [6.07, 6.45) is 0.750. The van der Waals surface area contributed by atoms with Gasteiger partial charge in [-0.3, -0.25) is 14.4 Å². The summed E-state index contributed by atoms with van der Waals surface area (Å²) in [6, 6.07) is 5.17. The molecule has 0 N–H and O–H groups in total. The molecule has 0 aliphatic carbocycles. The zero-order valence-corrected chi connectivity index (χ0v) is 16.4. The van der Waals surface area contributed by atoms with E-state index in [0.29, 0.717) is 43.2 Å². The average Bonchev–Trinajstić information content (AvgIpc) is 2.88. The minimum Gasteiger partial charge on any atom is -0.482 e. The van der Waals surface area contributed by atoms with E-state index in [-0.39, 0.29) is 24.3 Å². The highest BCUT2D eigenvalue weighted by Gasteiger charge is 2.30. The van der Waals surface area contributed by atoms with Crippen molar-refractivity contribution >= 4 is 23.4 Å². The molecule has 1 aromatic carbocycles. The third kappa shape index (κ3) is 3.91. The molecule has 2 aliphatic heterocycles. The van der Waals surface area contributed by atoms with Crippen LogP contribution in [0.1, 0.15) is 37.6 Å². The van der Waals surface area contributed by atoms with Crippen LogP contribution < -0.4 is 9.64 Å². The highest BCUT2D eigenvalue weighted by atomic mass is 16.5. The standard InChI is InChI=1S/C20H27N3O4/c1-20(2,3)19(26)23-9-5-8-22(10-11-23)18(25)14-6-7-16-15(12-14)21(4)17(24)13-27-16/h6-7,12H,5,8-11,13H2,1-4H3. The summed E-state index contributed by atoms with van der Waals surface area (Å²) in [6.45, 7) is 8.06. The fourth-order valence-electron chi connectivity index (χ4n) is 3.39. The van der Waals surface area contributed by atoms with E-state index in [4.69, 9.17) is 4.74 Å². The maximum Gasteiger partial charge on any atom is 0.264 e. The van der Waals surface area contributed by atoms with Crippen LogP contribution in [-0.4, -0.2) is 67.4 Å². The van der Waals surface area contributed by atoms with Crippen LogP contribution in [0.5, 0.6) is 5.75 Å². The van der Waals surface area contributed by atoms with Gasteiger partial charge in [-0.2, -0.15) is 0 Å². The van der Waals surface area contributed by atoms with E-state index >= 15 is 0 Å². The van der Waals surface area contributed by atoms with Crippen molar-refractivity contribution in [2.45, 2.75) is 27.2 Å². The molecule has 3 rings (SSSR count). The van der Waals surface area contributed by atoms with Gasteiger partial charge in [0.25, 0.3) is 11.8 Å².